The topological polar surface area (TPSA) is 9.23 Å². The van der Waals surface area contributed by atoms with Crippen LogP contribution in [0.1, 0.15) is 37.2 Å². The molecule has 1 aliphatic heterocycles. The molecule has 86 valence electrons. The van der Waals surface area contributed by atoms with Crippen molar-refractivity contribution in [2.75, 3.05) is 0 Å². The number of hydrogen-bond donors (Lipinski definition) is 0. The normalized spacial score (nSPS) is 26.4. The first kappa shape index (κ1) is 9.52. The lowest BCUT2D eigenvalue weighted by molar-refractivity contribution is 0.164. The van der Waals surface area contributed by atoms with Gasteiger partial charge in [-0.15, -0.1) is 0 Å². The molecule has 0 amide bonds. The maximum Gasteiger partial charge on any atom is 0.124 e. The van der Waals surface area contributed by atoms with Crippen molar-refractivity contribution in [3.8, 4) is 5.75 Å². The number of hydrogen-bond acceptors (Lipinski definition) is 1. The monoisotopic (exact) mass is 224 g/mol. The molecule has 0 N–H and O–H groups in total. The SMILES string of the molecule is c1ccc2c3c(ccc2c1)OC1CCCCC31. The van der Waals surface area contributed by atoms with Crippen LogP contribution < -0.4 is 4.74 Å². The summed E-state index contributed by atoms with van der Waals surface area (Å²) in [5.41, 5.74) is 1.48. The van der Waals surface area contributed by atoms with Crippen LogP contribution in [0.15, 0.2) is 36.4 Å². The fraction of sp³-hybridized carbons (Fsp3) is 0.375. The maximum absolute atomic E-state index is 6.12. The Balaban J connectivity index is 1.96. The van der Waals surface area contributed by atoms with Gasteiger partial charge in [0.05, 0.1) is 0 Å². The standard InChI is InChI=1S/C16H16O/c1-2-6-12-11(5-1)9-10-15-16(12)13-7-3-4-8-14(13)17-15/h1-2,5-6,9-10,13-14H,3-4,7-8H2. The molecule has 2 aromatic carbocycles. The van der Waals surface area contributed by atoms with Gasteiger partial charge >= 0.3 is 0 Å². The molecule has 1 aliphatic carbocycles. The van der Waals surface area contributed by atoms with Crippen molar-refractivity contribution in [2.45, 2.75) is 37.7 Å². The van der Waals surface area contributed by atoms with Crippen molar-refractivity contribution >= 4 is 10.8 Å². The second kappa shape index (κ2) is 3.49. The fourth-order valence-corrected chi connectivity index (χ4v) is 3.49. The zero-order chi connectivity index (χ0) is 11.2. The predicted molar refractivity (Wildman–Crippen MR) is 69.6 cm³/mol. The molecule has 1 saturated carbocycles. The first-order chi connectivity index (χ1) is 8.43. The quantitative estimate of drug-likeness (QED) is 0.649. The fourth-order valence-electron chi connectivity index (χ4n) is 3.49. The smallest absolute Gasteiger partial charge is 0.124 e. The molecule has 1 nitrogen and oxygen atoms in total. The third-order valence-electron chi connectivity index (χ3n) is 4.28. The van der Waals surface area contributed by atoms with Crippen molar-refractivity contribution in [2.24, 2.45) is 0 Å². The van der Waals surface area contributed by atoms with Gasteiger partial charge in [0.15, 0.2) is 0 Å². The molecule has 0 spiro atoms. The molecule has 17 heavy (non-hydrogen) atoms. The molecule has 1 fully saturated rings. The Morgan fingerprint density at radius 2 is 1.82 bits per heavy atom. The molecular formula is C16H16O. The van der Waals surface area contributed by atoms with Crippen molar-refractivity contribution in [3.63, 3.8) is 0 Å². The summed E-state index contributed by atoms with van der Waals surface area (Å²) in [4.78, 5) is 0. The van der Waals surface area contributed by atoms with Gasteiger partial charge < -0.3 is 4.74 Å². The molecule has 1 heteroatoms. The van der Waals surface area contributed by atoms with Crippen LogP contribution in [0.4, 0.5) is 0 Å². The Labute approximate surface area is 101 Å². The van der Waals surface area contributed by atoms with E-state index >= 15 is 0 Å². The summed E-state index contributed by atoms with van der Waals surface area (Å²) >= 11 is 0. The van der Waals surface area contributed by atoms with Crippen LogP contribution in [-0.4, -0.2) is 6.10 Å². The lowest BCUT2D eigenvalue weighted by atomic mass is 9.81. The summed E-state index contributed by atoms with van der Waals surface area (Å²) in [6.07, 6.45) is 5.66. The number of rotatable bonds is 0. The van der Waals surface area contributed by atoms with E-state index in [9.17, 15) is 0 Å². The van der Waals surface area contributed by atoms with Gasteiger partial charge in [-0.2, -0.15) is 0 Å². The summed E-state index contributed by atoms with van der Waals surface area (Å²) in [5.74, 6) is 1.78. The highest BCUT2D eigenvalue weighted by atomic mass is 16.5. The largest absolute Gasteiger partial charge is 0.489 e. The average molecular weight is 224 g/mol. The molecule has 4 rings (SSSR count). The molecule has 0 radical (unpaired) electrons. The molecule has 1 heterocycles. The van der Waals surface area contributed by atoms with Crippen molar-refractivity contribution in [1.29, 1.82) is 0 Å². The van der Waals surface area contributed by atoms with Gasteiger partial charge in [0.1, 0.15) is 11.9 Å². The molecule has 0 aromatic heterocycles. The number of ether oxygens (including phenoxy) is 1. The van der Waals surface area contributed by atoms with E-state index in [2.05, 4.69) is 36.4 Å². The Bertz CT molecular complexity index is 573. The van der Waals surface area contributed by atoms with Gasteiger partial charge in [-0.25, -0.2) is 0 Å². The predicted octanol–water partition coefficient (Wildman–Crippen LogP) is 4.26. The van der Waals surface area contributed by atoms with Gasteiger partial charge in [-0.1, -0.05) is 36.8 Å². The highest BCUT2D eigenvalue weighted by molar-refractivity contribution is 5.89. The van der Waals surface area contributed by atoms with Crippen LogP contribution in [0, 0.1) is 0 Å². The molecular weight excluding hydrogens is 208 g/mol. The van der Waals surface area contributed by atoms with Gasteiger partial charge in [-0.3, -0.25) is 0 Å². The Hall–Kier alpha value is -1.50. The van der Waals surface area contributed by atoms with E-state index in [4.69, 9.17) is 4.74 Å². The van der Waals surface area contributed by atoms with E-state index in [-0.39, 0.29) is 0 Å². The van der Waals surface area contributed by atoms with E-state index in [1.165, 1.54) is 42.0 Å². The van der Waals surface area contributed by atoms with Gasteiger partial charge in [-0.05, 0) is 36.1 Å². The van der Waals surface area contributed by atoms with E-state index in [1.807, 2.05) is 0 Å². The maximum atomic E-state index is 6.12. The van der Waals surface area contributed by atoms with Crippen LogP contribution in [0.25, 0.3) is 10.8 Å². The second-order valence-corrected chi connectivity index (χ2v) is 5.25. The van der Waals surface area contributed by atoms with Gasteiger partial charge in [0.25, 0.3) is 0 Å². The van der Waals surface area contributed by atoms with E-state index in [1.54, 1.807) is 0 Å². The zero-order valence-electron chi connectivity index (χ0n) is 9.86. The van der Waals surface area contributed by atoms with Crippen molar-refractivity contribution in [3.05, 3.63) is 42.0 Å². The third kappa shape index (κ3) is 1.32. The Morgan fingerprint density at radius 1 is 0.941 bits per heavy atom. The highest BCUT2D eigenvalue weighted by Gasteiger charge is 2.36. The molecule has 2 atom stereocenters. The van der Waals surface area contributed by atoms with Gasteiger partial charge in [0.2, 0.25) is 0 Å². The lowest BCUT2D eigenvalue weighted by Gasteiger charge is -2.24. The van der Waals surface area contributed by atoms with Crippen molar-refractivity contribution in [1.82, 2.24) is 0 Å². The third-order valence-corrected chi connectivity index (χ3v) is 4.28. The minimum atomic E-state index is 0.449. The van der Waals surface area contributed by atoms with Crippen LogP contribution in [0.5, 0.6) is 5.75 Å². The number of fused-ring (bicyclic) bond motifs is 5. The summed E-state index contributed by atoms with van der Waals surface area (Å²) in [6.45, 7) is 0. The Kier molecular flexibility index (Phi) is 1.96. The van der Waals surface area contributed by atoms with Crippen LogP contribution in [0.2, 0.25) is 0 Å². The van der Waals surface area contributed by atoms with Crippen LogP contribution in [0.3, 0.4) is 0 Å². The van der Waals surface area contributed by atoms with E-state index in [0.717, 1.165) is 5.75 Å². The first-order valence-corrected chi connectivity index (χ1v) is 6.62. The molecule has 2 aliphatic rings. The zero-order valence-corrected chi connectivity index (χ0v) is 9.86. The molecule has 0 saturated heterocycles. The van der Waals surface area contributed by atoms with Gasteiger partial charge in [0, 0.05) is 11.5 Å². The summed E-state index contributed by atoms with van der Waals surface area (Å²) in [6, 6.07) is 13.0. The average Bonchev–Trinajstić information content (AvgIpc) is 2.77. The van der Waals surface area contributed by atoms with Crippen LogP contribution >= 0.6 is 0 Å². The highest BCUT2D eigenvalue weighted by Crippen LogP contribution is 2.48. The summed E-state index contributed by atoms with van der Waals surface area (Å²) < 4.78 is 6.12. The molecule has 2 aromatic rings. The lowest BCUT2D eigenvalue weighted by Crippen LogP contribution is -2.22. The molecule has 2 unspecified atom stereocenters. The first-order valence-electron chi connectivity index (χ1n) is 6.62. The van der Waals surface area contributed by atoms with Crippen molar-refractivity contribution < 1.29 is 4.74 Å². The summed E-state index contributed by atoms with van der Waals surface area (Å²) in [7, 11) is 0. The summed E-state index contributed by atoms with van der Waals surface area (Å²) in [5, 5.41) is 2.75. The molecule has 0 bridgehead atoms. The van der Waals surface area contributed by atoms with Crippen LogP contribution in [-0.2, 0) is 0 Å². The minimum Gasteiger partial charge on any atom is -0.489 e. The second-order valence-electron chi connectivity index (χ2n) is 5.25. The number of benzene rings is 2. The Morgan fingerprint density at radius 3 is 2.82 bits per heavy atom. The minimum absolute atomic E-state index is 0.449. The van der Waals surface area contributed by atoms with E-state index < -0.39 is 0 Å². The van der Waals surface area contributed by atoms with E-state index in [0.29, 0.717) is 12.0 Å².